The van der Waals surface area contributed by atoms with Gasteiger partial charge in [0.05, 0.1) is 38.1 Å². The van der Waals surface area contributed by atoms with Gasteiger partial charge in [0, 0.05) is 12.3 Å². The van der Waals surface area contributed by atoms with E-state index in [0.717, 1.165) is 5.57 Å². The standard InChI is InChI=1S/C16H24O9/c1-7-9(8-2-3-22-15(21)10(8)6-23-7)5-24-16-14(20)13(19)12(18)11(4-17)25-16/h7,9,11-14,16-20H,2-6H2,1H3/t7-,9+,11-,12+,13+,14+,16-/m0/s1. The molecule has 0 bridgehead atoms. The van der Waals surface area contributed by atoms with E-state index in [1.807, 2.05) is 6.92 Å². The lowest BCUT2D eigenvalue weighted by molar-refractivity contribution is -0.304. The summed E-state index contributed by atoms with van der Waals surface area (Å²) in [5, 5.41) is 38.8. The Morgan fingerprint density at radius 1 is 1.20 bits per heavy atom. The smallest absolute Gasteiger partial charge is 0.336 e. The number of carbonyl (C=O) groups is 1. The fourth-order valence-corrected chi connectivity index (χ4v) is 3.44. The van der Waals surface area contributed by atoms with Gasteiger partial charge in [-0.25, -0.2) is 4.79 Å². The summed E-state index contributed by atoms with van der Waals surface area (Å²) in [7, 11) is 0. The van der Waals surface area contributed by atoms with Crippen LogP contribution >= 0.6 is 0 Å². The van der Waals surface area contributed by atoms with Crippen LogP contribution in [-0.2, 0) is 23.7 Å². The summed E-state index contributed by atoms with van der Waals surface area (Å²) >= 11 is 0. The Kier molecular flexibility index (Phi) is 5.74. The topological polar surface area (TPSA) is 135 Å². The molecule has 0 spiro atoms. The van der Waals surface area contributed by atoms with Gasteiger partial charge in [-0.15, -0.1) is 0 Å². The lowest BCUT2D eigenvalue weighted by Crippen LogP contribution is -2.59. The van der Waals surface area contributed by atoms with E-state index < -0.39 is 37.3 Å². The zero-order valence-corrected chi connectivity index (χ0v) is 13.9. The van der Waals surface area contributed by atoms with Gasteiger partial charge in [0.25, 0.3) is 0 Å². The Morgan fingerprint density at radius 3 is 2.68 bits per heavy atom. The van der Waals surface area contributed by atoms with Crippen LogP contribution in [-0.4, -0.2) is 89.6 Å². The van der Waals surface area contributed by atoms with Gasteiger partial charge in [-0.1, -0.05) is 0 Å². The highest BCUT2D eigenvalue weighted by Gasteiger charge is 2.45. The largest absolute Gasteiger partial charge is 0.462 e. The maximum atomic E-state index is 11.8. The maximum Gasteiger partial charge on any atom is 0.336 e. The Balaban J connectivity index is 1.69. The van der Waals surface area contributed by atoms with E-state index in [9.17, 15) is 25.2 Å². The van der Waals surface area contributed by atoms with E-state index in [-0.39, 0.29) is 31.2 Å². The lowest BCUT2D eigenvalue weighted by atomic mass is 9.85. The number of rotatable bonds is 4. The molecular formula is C16H24O9. The normalized spacial score (nSPS) is 42.1. The molecule has 0 radical (unpaired) electrons. The molecule has 9 nitrogen and oxygen atoms in total. The molecule has 3 aliphatic rings. The van der Waals surface area contributed by atoms with E-state index >= 15 is 0 Å². The Labute approximate surface area is 144 Å². The number of esters is 1. The van der Waals surface area contributed by atoms with Crippen LogP contribution in [0.25, 0.3) is 0 Å². The molecule has 0 saturated carbocycles. The summed E-state index contributed by atoms with van der Waals surface area (Å²) in [6.45, 7) is 1.95. The first-order valence-corrected chi connectivity index (χ1v) is 8.36. The summed E-state index contributed by atoms with van der Waals surface area (Å²) < 4.78 is 21.6. The quantitative estimate of drug-likeness (QED) is 0.423. The molecule has 3 heterocycles. The Bertz CT molecular complexity index is 532. The van der Waals surface area contributed by atoms with Gasteiger partial charge >= 0.3 is 5.97 Å². The molecule has 0 aromatic rings. The molecule has 9 heteroatoms. The Hall–Kier alpha value is -1.07. The molecule has 3 rings (SSSR count). The van der Waals surface area contributed by atoms with Crippen molar-refractivity contribution in [2.45, 2.75) is 50.2 Å². The van der Waals surface area contributed by atoms with Crippen molar-refractivity contribution in [1.29, 1.82) is 0 Å². The molecule has 4 N–H and O–H groups in total. The number of aliphatic hydroxyl groups excluding tert-OH is 4. The fraction of sp³-hybridized carbons (Fsp3) is 0.812. The first-order chi connectivity index (χ1) is 11.9. The third kappa shape index (κ3) is 3.59. The van der Waals surface area contributed by atoms with Crippen LogP contribution in [0.5, 0.6) is 0 Å². The average molecular weight is 360 g/mol. The SMILES string of the molecule is C[C@@H]1OCC2=C(CCOC2=O)[C@@H]1CO[C@H]1O[C@@H](CO)[C@@H](O)[C@@H](O)[C@H]1O. The second-order valence-corrected chi connectivity index (χ2v) is 6.54. The number of hydrogen-bond donors (Lipinski definition) is 4. The summed E-state index contributed by atoms with van der Waals surface area (Å²) in [4.78, 5) is 11.8. The van der Waals surface area contributed by atoms with Crippen LogP contribution in [0.1, 0.15) is 13.3 Å². The molecule has 7 atom stereocenters. The number of aliphatic hydroxyl groups is 4. The number of cyclic esters (lactones) is 1. The average Bonchev–Trinajstić information content (AvgIpc) is 2.60. The molecule has 0 amide bonds. The Morgan fingerprint density at radius 2 is 1.96 bits per heavy atom. The monoisotopic (exact) mass is 360 g/mol. The third-order valence-electron chi connectivity index (χ3n) is 5.03. The molecule has 25 heavy (non-hydrogen) atoms. The van der Waals surface area contributed by atoms with Crippen molar-refractivity contribution in [3.8, 4) is 0 Å². The maximum absolute atomic E-state index is 11.8. The van der Waals surface area contributed by atoms with E-state index in [4.69, 9.17) is 18.9 Å². The van der Waals surface area contributed by atoms with Gasteiger partial charge in [-0.05, 0) is 12.5 Å². The molecular weight excluding hydrogens is 336 g/mol. The zero-order chi connectivity index (χ0) is 18.1. The second kappa shape index (κ2) is 7.67. The highest BCUT2D eigenvalue weighted by molar-refractivity contribution is 5.90. The molecule has 0 aliphatic carbocycles. The van der Waals surface area contributed by atoms with E-state index in [1.165, 1.54) is 0 Å². The predicted molar refractivity (Wildman–Crippen MR) is 81.2 cm³/mol. The fourth-order valence-electron chi connectivity index (χ4n) is 3.44. The van der Waals surface area contributed by atoms with Crippen LogP contribution in [0.4, 0.5) is 0 Å². The van der Waals surface area contributed by atoms with Crippen LogP contribution in [0.15, 0.2) is 11.1 Å². The summed E-state index contributed by atoms with van der Waals surface area (Å²) in [6, 6.07) is 0. The van der Waals surface area contributed by atoms with Crippen molar-refractivity contribution in [3.05, 3.63) is 11.1 Å². The van der Waals surface area contributed by atoms with E-state index in [0.29, 0.717) is 18.6 Å². The van der Waals surface area contributed by atoms with Crippen LogP contribution in [0, 0.1) is 5.92 Å². The number of ether oxygens (including phenoxy) is 4. The minimum Gasteiger partial charge on any atom is -0.462 e. The molecule has 0 aromatic carbocycles. The van der Waals surface area contributed by atoms with Crippen LogP contribution in [0.2, 0.25) is 0 Å². The summed E-state index contributed by atoms with van der Waals surface area (Å²) in [5.74, 6) is -0.602. The number of hydrogen-bond acceptors (Lipinski definition) is 9. The van der Waals surface area contributed by atoms with Gasteiger partial charge in [-0.2, -0.15) is 0 Å². The van der Waals surface area contributed by atoms with Crippen molar-refractivity contribution in [1.82, 2.24) is 0 Å². The van der Waals surface area contributed by atoms with Gasteiger partial charge in [0.2, 0.25) is 0 Å². The highest BCUT2D eigenvalue weighted by atomic mass is 16.7. The van der Waals surface area contributed by atoms with E-state index in [1.54, 1.807) is 0 Å². The highest BCUT2D eigenvalue weighted by Crippen LogP contribution is 2.33. The predicted octanol–water partition coefficient (Wildman–Crippen LogP) is -1.92. The number of carbonyl (C=O) groups excluding carboxylic acids is 1. The molecule has 1 saturated heterocycles. The molecule has 0 aromatic heterocycles. The minimum atomic E-state index is -1.49. The van der Waals surface area contributed by atoms with Gasteiger partial charge in [-0.3, -0.25) is 0 Å². The van der Waals surface area contributed by atoms with Gasteiger partial charge in [0.15, 0.2) is 6.29 Å². The summed E-state index contributed by atoms with van der Waals surface area (Å²) in [6.07, 6.45) is -6.21. The third-order valence-corrected chi connectivity index (χ3v) is 5.03. The molecule has 142 valence electrons. The molecule has 0 unspecified atom stereocenters. The molecule has 1 fully saturated rings. The summed E-state index contributed by atoms with van der Waals surface area (Å²) in [5.41, 5.74) is 1.42. The van der Waals surface area contributed by atoms with Crippen molar-refractivity contribution < 1.29 is 44.2 Å². The van der Waals surface area contributed by atoms with Crippen LogP contribution in [0.3, 0.4) is 0 Å². The first kappa shape index (κ1) is 18.7. The van der Waals surface area contributed by atoms with Gasteiger partial charge in [0.1, 0.15) is 24.4 Å². The van der Waals surface area contributed by atoms with Gasteiger partial charge < -0.3 is 39.4 Å². The minimum absolute atomic E-state index is 0.0932. The molecule has 3 aliphatic heterocycles. The van der Waals surface area contributed by atoms with Crippen molar-refractivity contribution >= 4 is 5.97 Å². The van der Waals surface area contributed by atoms with Crippen molar-refractivity contribution in [2.75, 3.05) is 26.4 Å². The zero-order valence-electron chi connectivity index (χ0n) is 13.9. The van der Waals surface area contributed by atoms with Crippen molar-refractivity contribution in [2.24, 2.45) is 5.92 Å². The second-order valence-electron chi connectivity index (χ2n) is 6.54. The van der Waals surface area contributed by atoms with Crippen LogP contribution < -0.4 is 0 Å². The van der Waals surface area contributed by atoms with Crippen molar-refractivity contribution in [3.63, 3.8) is 0 Å². The van der Waals surface area contributed by atoms with E-state index in [2.05, 4.69) is 0 Å². The lowest BCUT2D eigenvalue weighted by Gasteiger charge is -2.41. The first-order valence-electron chi connectivity index (χ1n) is 8.36.